The van der Waals surface area contributed by atoms with Crippen molar-refractivity contribution in [3.05, 3.63) is 78.7 Å². The van der Waals surface area contributed by atoms with E-state index in [1.54, 1.807) is 6.20 Å². The lowest BCUT2D eigenvalue weighted by molar-refractivity contribution is 0.867. The van der Waals surface area contributed by atoms with Crippen molar-refractivity contribution in [2.45, 2.75) is 20.3 Å². The molecule has 0 saturated carbocycles. The lowest BCUT2D eigenvalue weighted by Crippen LogP contribution is -2.02. The molecule has 1 aromatic carbocycles. The van der Waals surface area contributed by atoms with E-state index in [0.717, 1.165) is 28.9 Å². The molecule has 0 amide bonds. The quantitative estimate of drug-likeness (QED) is 0.709. The van der Waals surface area contributed by atoms with Crippen LogP contribution in [0.15, 0.2) is 73.0 Å². The first-order valence-corrected chi connectivity index (χ1v) is 6.82. The normalized spacial score (nSPS) is 11.4. The molecule has 102 valence electrons. The Hall–Kier alpha value is -2.35. The van der Waals surface area contributed by atoms with Gasteiger partial charge in [-0.2, -0.15) is 5.10 Å². The Morgan fingerprint density at radius 1 is 1.20 bits per heavy atom. The minimum atomic E-state index is 0.918. The smallest absolute Gasteiger partial charge is 0.0740 e. The van der Waals surface area contributed by atoms with Crippen LogP contribution in [0.2, 0.25) is 0 Å². The molecule has 20 heavy (non-hydrogen) atoms. The first kappa shape index (κ1) is 14.1. The van der Waals surface area contributed by atoms with Gasteiger partial charge in [0, 0.05) is 0 Å². The van der Waals surface area contributed by atoms with Gasteiger partial charge in [-0.25, -0.2) is 4.68 Å². The second-order valence-corrected chi connectivity index (χ2v) is 4.59. The molecule has 2 nitrogen and oxygen atoms in total. The van der Waals surface area contributed by atoms with Gasteiger partial charge in [0.15, 0.2) is 0 Å². The number of nitrogens with zero attached hydrogens (tertiary/aromatic N) is 2. The number of benzene rings is 1. The molecule has 0 spiro atoms. The van der Waals surface area contributed by atoms with E-state index in [0.29, 0.717) is 0 Å². The summed E-state index contributed by atoms with van der Waals surface area (Å²) in [7, 11) is 0. The maximum atomic E-state index is 4.40. The van der Waals surface area contributed by atoms with Crippen molar-refractivity contribution < 1.29 is 0 Å². The van der Waals surface area contributed by atoms with Crippen molar-refractivity contribution in [2.75, 3.05) is 0 Å². The van der Waals surface area contributed by atoms with Crippen LogP contribution in [0.5, 0.6) is 0 Å². The molecule has 0 fully saturated rings. The van der Waals surface area contributed by atoms with Gasteiger partial charge in [0.05, 0.1) is 17.6 Å². The summed E-state index contributed by atoms with van der Waals surface area (Å²) < 4.78 is 1.90. The summed E-state index contributed by atoms with van der Waals surface area (Å²) in [5.41, 5.74) is 5.12. The third-order valence-corrected chi connectivity index (χ3v) is 3.43. The fourth-order valence-electron chi connectivity index (χ4n) is 2.25. The fraction of sp³-hybridized carbons (Fsp3) is 0.167. The van der Waals surface area contributed by atoms with E-state index in [-0.39, 0.29) is 0 Å². The van der Waals surface area contributed by atoms with Gasteiger partial charge in [-0.05, 0) is 48.3 Å². The number of rotatable bonds is 5. The van der Waals surface area contributed by atoms with Crippen LogP contribution >= 0.6 is 0 Å². The molecule has 2 aromatic rings. The van der Waals surface area contributed by atoms with E-state index in [1.165, 1.54) is 5.57 Å². The highest BCUT2D eigenvalue weighted by atomic mass is 15.3. The van der Waals surface area contributed by atoms with E-state index >= 15 is 0 Å². The minimum absolute atomic E-state index is 0.918. The van der Waals surface area contributed by atoms with Crippen molar-refractivity contribution in [2.24, 2.45) is 0 Å². The molecule has 2 rings (SSSR count). The molecule has 0 radical (unpaired) electrons. The van der Waals surface area contributed by atoms with Crippen LogP contribution < -0.4 is 0 Å². The zero-order valence-electron chi connectivity index (χ0n) is 12.1. The van der Waals surface area contributed by atoms with Crippen LogP contribution in [0.25, 0.3) is 11.3 Å². The highest BCUT2D eigenvalue weighted by Gasteiger charge is 2.12. The summed E-state index contributed by atoms with van der Waals surface area (Å²) >= 11 is 0. The summed E-state index contributed by atoms with van der Waals surface area (Å²) in [5.74, 6) is 0. The molecular weight excluding hydrogens is 244 g/mol. The van der Waals surface area contributed by atoms with Crippen LogP contribution in [-0.4, -0.2) is 9.78 Å². The van der Waals surface area contributed by atoms with E-state index in [9.17, 15) is 0 Å². The summed E-state index contributed by atoms with van der Waals surface area (Å²) in [6, 6.07) is 12.0. The first-order valence-electron chi connectivity index (χ1n) is 6.82. The Balaban J connectivity index is 2.38. The van der Waals surface area contributed by atoms with Gasteiger partial charge in [0.25, 0.3) is 0 Å². The van der Waals surface area contributed by atoms with Crippen molar-refractivity contribution in [3.63, 3.8) is 0 Å². The molecule has 0 unspecified atom stereocenters. The van der Waals surface area contributed by atoms with Gasteiger partial charge in [-0.1, -0.05) is 44.4 Å². The van der Waals surface area contributed by atoms with Gasteiger partial charge in [0.1, 0.15) is 0 Å². The predicted molar refractivity (Wildman–Crippen MR) is 85.8 cm³/mol. The molecule has 0 bridgehead atoms. The number of hydrogen-bond donors (Lipinski definition) is 0. The SMILES string of the molecule is C=C(C(=C)c1ccnn1-c1ccccc1)/C(=C\C)CC. The molecular formula is C18H20N2. The van der Waals surface area contributed by atoms with Gasteiger partial charge < -0.3 is 0 Å². The van der Waals surface area contributed by atoms with Crippen molar-refractivity contribution >= 4 is 5.57 Å². The average Bonchev–Trinajstić information content (AvgIpc) is 2.98. The largest absolute Gasteiger partial charge is 0.233 e. The second-order valence-electron chi connectivity index (χ2n) is 4.59. The van der Waals surface area contributed by atoms with Crippen LogP contribution in [0.4, 0.5) is 0 Å². The maximum absolute atomic E-state index is 4.40. The molecule has 0 aliphatic rings. The first-order chi connectivity index (χ1) is 9.69. The zero-order valence-corrected chi connectivity index (χ0v) is 12.1. The third kappa shape index (κ3) is 2.64. The van der Waals surface area contributed by atoms with E-state index in [2.05, 4.69) is 31.3 Å². The van der Waals surface area contributed by atoms with E-state index in [1.807, 2.05) is 48.0 Å². The Morgan fingerprint density at radius 3 is 2.50 bits per heavy atom. The van der Waals surface area contributed by atoms with Gasteiger partial charge in [-0.3, -0.25) is 0 Å². The number of para-hydroxylation sites is 1. The highest BCUT2D eigenvalue weighted by molar-refractivity contribution is 5.80. The van der Waals surface area contributed by atoms with Crippen molar-refractivity contribution in [3.8, 4) is 5.69 Å². The predicted octanol–water partition coefficient (Wildman–Crippen LogP) is 4.80. The molecule has 0 saturated heterocycles. The Labute approximate surface area is 120 Å². The zero-order chi connectivity index (χ0) is 14.5. The van der Waals surface area contributed by atoms with Crippen LogP contribution in [0, 0.1) is 0 Å². The molecule has 1 heterocycles. The molecule has 2 heteroatoms. The van der Waals surface area contributed by atoms with Gasteiger partial charge in [0.2, 0.25) is 0 Å². The number of hydrogen-bond acceptors (Lipinski definition) is 1. The summed E-state index contributed by atoms with van der Waals surface area (Å²) in [4.78, 5) is 0. The van der Waals surface area contributed by atoms with E-state index < -0.39 is 0 Å². The Morgan fingerprint density at radius 2 is 1.90 bits per heavy atom. The summed E-state index contributed by atoms with van der Waals surface area (Å²) in [6.07, 6.45) is 4.84. The lowest BCUT2D eigenvalue weighted by Gasteiger charge is -2.14. The summed E-state index contributed by atoms with van der Waals surface area (Å²) in [6.45, 7) is 12.5. The maximum Gasteiger partial charge on any atom is 0.0740 e. The van der Waals surface area contributed by atoms with Crippen LogP contribution in [0.1, 0.15) is 26.0 Å². The van der Waals surface area contributed by atoms with Crippen LogP contribution in [0.3, 0.4) is 0 Å². The molecule has 0 N–H and O–H groups in total. The molecule has 0 aliphatic carbocycles. The lowest BCUT2D eigenvalue weighted by atomic mass is 9.96. The third-order valence-electron chi connectivity index (χ3n) is 3.43. The van der Waals surface area contributed by atoms with Crippen LogP contribution in [-0.2, 0) is 0 Å². The second kappa shape index (κ2) is 6.20. The van der Waals surface area contributed by atoms with Gasteiger partial charge in [-0.15, -0.1) is 0 Å². The standard InChI is InChI=1S/C18H20N2/c1-5-16(6-2)14(3)15(4)18-12-13-19-20(18)17-10-8-7-9-11-17/h5,7-13H,3-4,6H2,1-2H3/b16-5-. The molecule has 0 atom stereocenters. The average molecular weight is 264 g/mol. The summed E-state index contributed by atoms with van der Waals surface area (Å²) in [5, 5.41) is 4.40. The van der Waals surface area contributed by atoms with Gasteiger partial charge >= 0.3 is 0 Å². The Kier molecular flexibility index (Phi) is 4.36. The monoisotopic (exact) mass is 264 g/mol. The number of aromatic nitrogens is 2. The molecule has 1 aromatic heterocycles. The van der Waals surface area contributed by atoms with E-state index in [4.69, 9.17) is 0 Å². The minimum Gasteiger partial charge on any atom is -0.233 e. The van der Waals surface area contributed by atoms with Crippen molar-refractivity contribution in [1.82, 2.24) is 9.78 Å². The number of allylic oxidation sites excluding steroid dienone is 4. The highest BCUT2D eigenvalue weighted by Crippen LogP contribution is 2.28. The fourth-order valence-corrected chi connectivity index (χ4v) is 2.25. The topological polar surface area (TPSA) is 17.8 Å². The Bertz CT molecular complexity index is 645. The van der Waals surface area contributed by atoms with Crippen molar-refractivity contribution in [1.29, 1.82) is 0 Å². The molecule has 0 aliphatic heterocycles.